The van der Waals surface area contributed by atoms with Gasteiger partial charge in [-0.25, -0.2) is 0 Å². The Kier molecular flexibility index (Phi) is 4.28. The highest BCUT2D eigenvalue weighted by atomic mass is 16.2. The molecule has 29 heavy (non-hydrogen) atoms. The fraction of sp³-hybridized carbons (Fsp3) is 0.167. The Balaban J connectivity index is 1.47. The van der Waals surface area contributed by atoms with Crippen molar-refractivity contribution in [3.8, 4) is 0 Å². The number of carbonyl (C=O) groups excluding carboxylic acids is 1. The third-order valence-corrected chi connectivity index (χ3v) is 5.66. The molecule has 5 heteroatoms. The number of nitrogens with zero attached hydrogens (tertiary/aromatic N) is 2. The molecule has 1 aliphatic rings. The first-order chi connectivity index (χ1) is 14.2. The molecule has 0 saturated carbocycles. The molecule has 0 unspecified atom stereocenters. The van der Waals surface area contributed by atoms with Crippen LogP contribution in [-0.2, 0) is 0 Å². The summed E-state index contributed by atoms with van der Waals surface area (Å²) in [5.41, 5.74) is 3.06. The Morgan fingerprint density at radius 2 is 1.45 bits per heavy atom. The highest BCUT2D eigenvalue weighted by Gasteiger charge is 2.24. The first kappa shape index (κ1) is 17.5. The van der Waals surface area contributed by atoms with Gasteiger partial charge in [0.1, 0.15) is 0 Å². The van der Waals surface area contributed by atoms with E-state index in [0.29, 0.717) is 34.9 Å². The molecule has 0 radical (unpaired) electrons. The standard InChI is InChI=1S/C24H21N3O2/c28-23-18-9-4-5-12-21(18)25-22-19(23)10-6-11-20(22)24(29)27-15-13-26(14-16-27)17-7-2-1-3-8-17/h1-12H,13-16H2,(H,25,28). The minimum absolute atomic E-state index is 0.0331. The molecule has 1 N–H and O–H groups in total. The molecule has 5 nitrogen and oxygen atoms in total. The van der Waals surface area contributed by atoms with Gasteiger partial charge in [0.05, 0.1) is 11.1 Å². The number of H-pyrrole nitrogens is 1. The van der Waals surface area contributed by atoms with Gasteiger partial charge in [-0.3, -0.25) is 9.59 Å². The molecule has 5 rings (SSSR count). The van der Waals surface area contributed by atoms with E-state index >= 15 is 0 Å². The molecule has 1 aromatic heterocycles. The quantitative estimate of drug-likeness (QED) is 0.538. The van der Waals surface area contributed by atoms with Crippen molar-refractivity contribution in [2.45, 2.75) is 0 Å². The number of amides is 1. The number of rotatable bonds is 2. The smallest absolute Gasteiger partial charge is 0.256 e. The molecule has 0 spiro atoms. The molecule has 1 aliphatic heterocycles. The number of anilines is 1. The lowest BCUT2D eigenvalue weighted by atomic mass is 10.0. The molecule has 1 fully saturated rings. The van der Waals surface area contributed by atoms with Gasteiger partial charge in [-0.2, -0.15) is 0 Å². The number of aromatic amines is 1. The summed E-state index contributed by atoms with van der Waals surface area (Å²) in [5, 5.41) is 1.19. The second-order valence-electron chi connectivity index (χ2n) is 7.34. The summed E-state index contributed by atoms with van der Waals surface area (Å²) < 4.78 is 0. The predicted octanol–water partition coefficient (Wildman–Crippen LogP) is 3.64. The molecular weight excluding hydrogens is 362 g/mol. The highest BCUT2D eigenvalue weighted by Crippen LogP contribution is 2.21. The molecule has 0 atom stereocenters. The SMILES string of the molecule is O=C(c1cccc2c(=O)c3ccccc3[nH]c12)N1CCN(c2ccccc2)CC1. The van der Waals surface area contributed by atoms with E-state index in [9.17, 15) is 9.59 Å². The normalized spacial score (nSPS) is 14.5. The number of hydrogen-bond acceptors (Lipinski definition) is 3. The van der Waals surface area contributed by atoms with Crippen molar-refractivity contribution in [1.82, 2.24) is 9.88 Å². The molecule has 3 aromatic carbocycles. The van der Waals surface area contributed by atoms with Gasteiger partial charge in [-0.15, -0.1) is 0 Å². The Morgan fingerprint density at radius 1 is 0.759 bits per heavy atom. The van der Waals surface area contributed by atoms with Crippen LogP contribution in [0.25, 0.3) is 21.8 Å². The van der Waals surface area contributed by atoms with Crippen LogP contribution in [0.3, 0.4) is 0 Å². The molecule has 1 amide bonds. The van der Waals surface area contributed by atoms with Crippen LogP contribution < -0.4 is 10.3 Å². The van der Waals surface area contributed by atoms with Crippen LogP contribution in [-0.4, -0.2) is 42.0 Å². The number of benzene rings is 3. The lowest BCUT2D eigenvalue weighted by Crippen LogP contribution is -2.48. The lowest BCUT2D eigenvalue weighted by Gasteiger charge is -2.36. The zero-order valence-corrected chi connectivity index (χ0v) is 16.0. The number of hydrogen-bond donors (Lipinski definition) is 1. The fourth-order valence-electron chi connectivity index (χ4n) is 4.10. The van der Waals surface area contributed by atoms with Crippen molar-refractivity contribution in [3.63, 3.8) is 0 Å². The second-order valence-corrected chi connectivity index (χ2v) is 7.34. The summed E-state index contributed by atoms with van der Waals surface area (Å²) in [6.07, 6.45) is 0. The van der Waals surface area contributed by atoms with E-state index < -0.39 is 0 Å². The minimum Gasteiger partial charge on any atom is -0.368 e. The molecule has 144 valence electrons. The molecular formula is C24H21N3O2. The summed E-state index contributed by atoms with van der Waals surface area (Å²) in [4.78, 5) is 33.7. The van der Waals surface area contributed by atoms with Crippen molar-refractivity contribution < 1.29 is 4.79 Å². The number of piperazine rings is 1. The first-order valence-corrected chi connectivity index (χ1v) is 9.85. The lowest BCUT2D eigenvalue weighted by molar-refractivity contribution is 0.0748. The third-order valence-electron chi connectivity index (χ3n) is 5.66. The number of fused-ring (bicyclic) bond motifs is 2. The number of carbonyl (C=O) groups is 1. The fourth-order valence-corrected chi connectivity index (χ4v) is 4.10. The summed E-state index contributed by atoms with van der Waals surface area (Å²) in [5.74, 6) is -0.0331. The Bertz CT molecular complexity index is 1260. The highest BCUT2D eigenvalue weighted by molar-refractivity contribution is 6.07. The average molecular weight is 383 g/mol. The van der Waals surface area contributed by atoms with Crippen LogP contribution >= 0.6 is 0 Å². The van der Waals surface area contributed by atoms with Crippen LogP contribution in [0.1, 0.15) is 10.4 Å². The van der Waals surface area contributed by atoms with Gasteiger partial charge in [0, 0.05) is 48.2 Å². The Labute approximate surface area is 168 Å². The molecule has 0 aliphatic carbocycles. The van der Waals surface area contributed by atoms with Crippen LogP contribution in [0.5, 0.6) is 0 Å². The summed E-state index contributed by atoms with van der Waals surface area (Å²) in [6.45, 7) is 2.89. The summed E-state index contributed by atoms with van der Waals surface area (Å²) in [6, 6.07) is 23.1. The van der Waals surface area contributed by atoms with E-state index in [1.165, 1.54) is 5.69 Å². The Hall–Kier alpha value is -3.60. The number of aromatic nitrogens is 1. The maximum Gasteiger partial charge on any atom is 0.256 e. The van der Waals surface area contributed by atoms with Crippen LogP contribution in [0, 0.1) is 0 Å². The van der Waals surface area contributed by atoms with Crippen molar-refractivity contribution in [2.24, 2.45) is 0 Å². The van der Waals surface area contributed by atoms with E-state index in [1.807, 2.05) is 47.4 Å². The first-order valence-electron chi connectivity index (χ1n) is 9.85. The second kappa shape index (κ2) is 7.09. The molecule has 0 bridgehead atoms. The van der Waals surface area contributed by atoms with E-state index in [2.05, 4.69) is 22.0 Å². The van der Waals surface area contributed by atoms with Gasteiger partial charge >= 0.3 is 0 Å². The van der Waals surface area contributed by atoms with Gasteiger partial charge in [-0.1, -0.05) is 36.4 Å². The number of nitrogens with one attached hydrogen (secondary N) is 1. The average Bonchev–Trinajstić information content (AvgIpc) is 2.79. The Morgan fingerprint density at radius 3 is 2.24 bits per heavy atom. The van der Waals surface area contributed by atoms with Gasteiger partial charge in [-0.05, 0) is 36.4 Å². The largest absolute Gasteiger partial charge is 0.368 e. The third kappa shape index (κ3) is 3.05. The zero-order chi connectivity index (χ0) is 19.8. The monoisotopic (exact) mass is 383 g/mol. The van der Waals surface area contributed by atoms with Crippen molar-refractivity contribution in [1.29, 1.82) is 0 Å². The van der Waals surface area contributed by atoms with E-state index in [-0.39, 0.29) is 11.3 Å². The maximum absolute atomic E-state index is 13.3. The van der Waals surface area contributed by atoms with Crippen molar-refractivity contribution in [3.05, 3.63) is 88.6 Å². The van der Waals surface area contributed by atoms with Gasteiger partial charge in [0.15, 0.2) is 5.43 Å². The van der Waals surface area contributed by atoms with Crippen molar-refractivity contribution in [2.75, 3.05) is 31.1 Å². The van der Waals surface area contributed by atoms with Crippen LogP contribution in [0.2, 0.25) is 0 Å². The van der Waals surface area contributed by atoms with E-state index in [1.54, 1.807) is 18.2 Å². The maximum atomic E-state index is 13.3. The van der Waals surface area contributed by atoms with E-state index in [4.69, 9.17) is 0 Å². The topological polar surface area (TPSA) is 56.4 Å². The van der Waals surface area contributed by atoms with E-state index in [0.717, 1.165) is 18.6 Å². The van der Waals surface area contributed by atoms with Gasteiger partial charge in [0.2, 0.25) is 0 Å². The van der Waals surface area contributed by atoms with Crippen LogP contribution in [0.4, 0.5) is 5.69 Å². The zero-order valence-electron chi connectivity index (χ0n) is 16.0. The van der Waals surface area contributed by atoms with Crippen LogP contribution in [0.15, 0.2) is 77.6 Å². The number of pyridine rings is 1. The van der Waals surface area contributed by atoms with Gasteiger partial charge in [0.25, 0.3) is 5.91 Å². The minimum atomic E-state index is -0.0436. The molecule has 4 aromatic rings. The number of para-hydroxylation sites is 3. The molecule has 1 saturated heterocycles. The summed E-state index contributed by atoms with van der Waals surface area (Å²) in [7, 11) is 0. The predicted molar refractivity (Wildman–Crippen MR) is 117 cm³/mol. The molecule has 2 heterocycles. The van der Waals surface area contributed by atoms with Crippen molar-refractivity contribution >= 4 is 33.4 Å². The van der Waals surface area contributed by atoms with Gasteiger partial charge < -0.3 is 14.8 Å². The summed E-state index contributed by atoms with van der Waals surface area (Å²) >= 11 is 0.